The zero-order chi connectivity index (χ0) is 13.8. The van der Waals surface area contributed by atoms with Gasteiger partial charge in [0.1, 0.15) is 5.69 Å². The van der Waals surface area contributed by atoms with Crippen molar-refractivity contribution in [2.75, 3.05) is 0 Å². The van der Waals surface area contributed by atoms with Gasteiger partial charge in [0.25, 0.3) is 0 Å². The fourth-order valence-electron chi connectivity index (χ4n) is 1.69. The predicted molar refractivity (Wildman–Crippen MR) is 61.5 cm³/mol. The first kappa shape index (κ1) is 14.7. The van der Waals surface area contributed by atoms with Crippen molar-refractivity contribution in [2.24, 2.45) is 0 Å². The van der Waals surface area contributed by atoms with Crippen LogP contribution in [0, 0.1) is 0 Å². The van der Waals surface area contributed by atoms with Gasteiger partial charge in [0.2, 0.25) is 0 Å². The highest BCUT2D eigenvalue weighted by atomic mass is 19.4. The molecule has 18 heavy (non-hydrogen) atoms. The molecule has 0 radical (unpaired) electrons. The lowest BCUT2D eigenvalue weighted by Crippen LogP contribution is -2.12. The molecule has 0 N–H and O–H groups in total. The molecular weight excluding hydrogens is 245 g/mol. The normalized spacial score (nSPS) is 11.8. The Labute approximate surface area is 104 Å². The number of aryl methyl sites for hydroxylation is 2. The maximum Gasteiger partial charge on any atom is 0.389 e. The van der Waals surface area contributed by atoms with Crippen molar-refractivity contribution in [1.82, 2.24) is 9.78 Å². The number of carbonyl (C=O) groups is 1. The van der Waals surface area contributed by atoms with Crippen molar-refractivity contribution in [3.8, 4) is 0 Å². The van der Waals surface area contributed by atoms with Gasteiger partial charge >= 0.3 is 6.18 Å². The van der Waals surface area contributed by atoms with Gasteiger partial charge in [-0.2, -0.15) is 18.3 Å². The quantitative estimate of drug-likeness (QED) is 0.737. The number of hydrogen-bond acceptors (Lipinski definition) is 2. The number of ketones is 1. The number of Topliss-reactive ketones (excluding diaryl/α,β-unsaturated/α-hetero) is 1. The average Bonchev–Trinajstić information content (AvgIpc) is 2.70. The predicted octanol–water partition coefficient (Wildman–Crippen LogP) is 3.38. The van der Waals surface area contributed by atoms with Gasteiger partial charge < -0.3 is 0 Å². The van der Waals surface area contributed by atoms with Crippen molar-refractivity contribution in [3.63, 3.8) is 0 Å². The van der Waals surface area contributed by atoms with Gasteiger partial charge in [-0.05, 0) is 25.8 Å². The summed E-state index contributed by atoms with van der Waals surface area (Å²) in [6.07, 6.45) is -4.66. The van der Waals surface area contributed by atoms with E-state index in [1.807, 2.05) is 13.8 Å². The van der Waals surface area contributed by atoms with E-state index in [4.69, 9.17) is 0 Å². The molecule has 0 atom stereocenters. The standard InChI is InChI=1S/C12H17F3N2O/c1-3-9-8-10(17(4-2)16-9)11(18)6-5-7-12(13,14)15/h8H,3-7H2,1-2H3. The molecule has 6 heteroatoms. The maximum absolute atomic E-state index is 12.0. The monoisotopic (exact) mass is 262 g/mol. The maximum atomic E-state index is 12.0. The molecule has 0 bridgehead atoms. The lowest BCUT2D eigenvalue weighted by molar-refractivity contribution is -0.135. The summed E-state index contributed by atoms with van der Waals surface area (Å²) in [5.74, 6) is -0.270. The Bertz CT molecular complexity index is 410. The van der Waals surface area contributed by atoms with E-state index in [0.717, 1.165) is 5.69 Å². The number of rotatable bonds is 6. The van der Waals surface area contributed by atoms with E-state index in [1.54, 1.807) is 10.7 Å². The van der Waals surface area contributed by atoms with Crippen LogP contribution in [0.2, 0.25) is 0 Å². The summed E-state index contributed by atoms with van der Waals surface area (Å²) in [7, 11) is 0. The fourth-order valence-corrected chi connectivity index (χ4v) is 1.69. The summed E-state index contributed by atoms with van der Waals surface area (Å²) in [6.45, 7) is 4.31. The number of halogens is 3. The third kappa shape index (κ3) is 4.16. The molecule has 0 fully saturated rings. The van der Waals surface area contributed by atoms with Gasteiger partial charge in [0, 0.05) is 19.4 Å². The summed E-state index contributed by atoms with van der Waals surface area (Å²) < 4.78 is 37.5. The van der Waals surface area contributed by atoms with Crippen LogP contribution in [0.3, 0.4) is 0 Å². The fraction of sp³-hybridized carbons (Fsp3) is 0.667. The Balaban J connectivity index is 2.63. The minimum Gasteiger partial charge on any atom is -0.292 e. The Morgan fingerprint density at radius 2 is 2.06 bits per heavy atom. The third-order valence-electron chi connectivity index (χ3n) is 2.64. The van der Waals surface area contributed by atoms with E-state index in [1.165, 1.54) is 0 Å². The first-order valence-corrected chi connectivity index (χ1v) is 6.04. The second-order valence-electron chi connectivity index (χ2n) is 4.08. The molecule has 0 aromatic carbocycles. The number of aromatic nitrogens is 2. The SMILES string of the molecule is CCc1cc(C(=O)CCCC(F)(F)F)n(CC)n1. The van der Waals surface area contributed by atoms with E-state index < -0.39 is 12.6 Å². The summed E-state index contributed by atoms with van der Waals surface area (Å²) >= 11 is 0. The van der Waals surface area contributed by atoms with Crippen LogP contribution in [0.4, 0.5) is 13.2 Å². The molecule has 0 amide bonds. The smallest absolute Gasteiger partial charge is 0.292 e. The summed E-state index contributed by atoms with van der Waals surface area (Å²) in [6, 6.07) is 1.67. The molecule has 0 aliphatic carbocycles. The van der Waals surface area contributed by atoms with Gasteiger partial charge in [-0.15, -0.1) is 0 Å². The van der Waals surface area contributed by atoms with Gasteiger partial charge in [0.05, 0.1) is 5.69 Å². The van der Waals surface area contributed by atoms with E-state index in [2.05, 4.69) is 5.10 Å². The molecular formula is C12H17F3N2O. The van der Waals surface area contributed by atoms with Crippen molar-refractivity contribution in [3.05, 3.63) is 17.5 Å². The van der Waals surface area contributed by atoms with Crippen LogP contribution in [0.1, 0.15) is 49.3 Å². The Kier molecular flexibility index (Phi) is 4.93. The molecule has 1 heterocycles. The Morgan fingerprint density at radius 3 is 2.56 bits per heavy atom. The van der Waals surface area contributed by atoms with Crippen LogP contribution in [-0.2, 0) is 13.0 Å². The van der Waals surface area contributed by atoms with Crippen LogP contribution in [0.25, 0.3) is 0 Å². The number of hydrogen-bond donors (Lipinski definition) is 0. The first-order valence-electron chi connectivity index (χ1n) is 6.04. The second-order valence-corrected chi connectivity index (χ2v) is 4.08. The Hall–Kier alpha value is -1.33. The highest BCUT2D eigenvalue weighted by Crippen LogP contribution is 2.23. The van der Waals surface area contributed by atoms with Crippen LogP contribution < -0.4 is 0 Å². The first-order chi connectivity index (χ1) is 8.37. The molecule has 1 aromatic rings. The van der Waals surface area contributed by atoms with Crippen molar-refractivity contribution < 1.29 is 18.0 Å². The topological polar surface area (TPSA) is 34.9 Å². The van der Waals surface area contributed by atoms with E-state index in [9.17, 15) is 18.0 Å². The van der Waals surface area contributed by atoms with Crippen LogP contribution in [-0.4, -0.2) is 21.7 Å². The average molecular weight is 262 g/mol. The van der Waals surface area contributed by atoms with E-state index >= 15 is 0 Å². The Morgan fingerprint density at radius 1 is 1.39 bits per heavy atom. The summed E-state index contributed by atoms with van der Waals surface area (Å²) in [5, 5.41) is 4.20. The second kappa shape index (κ2) is 6.02. The van der Waals surface area contributed by atoms with Gasteiger partial charge in [-0.25, -0.2) is 0 Å². The van der Waals surface area contributed by atoms with Crippen molar-refractivity contribution in [1.29, 1.82) is 0 Å². The van der Waals surface area contributed by atoms with Crippen LogP contribution >= 0.6 is 0 Å². The largest absolute Gasteiger partial charge is 0.389 e. The minimum atomic E-state index is -4.19. The van der Waals surface area contributed by atoms with Crippen molar-refractivity contribution >= 4 is 5.78 Å². The summed E-state index contributed by atoms with van der Waals surface area (Å²) in [5.41, 5.74) is 1.20. The highest BCUT2D eigenvalue weighted by molar-refractivity contribution is 5.94. The molecule has 0 unspecified atom stereocenters. The number of nitrogens with zero attached hydrogens (tertiary/aromatic N) is 2. The molecule has 0 saturated carbocycles. The van der Waals surface area contributed by atoms with Crippen molar-refractivity contribution in [2.45, 2.75) is 52.3 Å². The molecule has 1 rings (SSSR count). The number of alkyl halides is 3. The van der Waals surface area contributed by atoms with Gasteiger partial charge in [-0.1, -0.05) is 6.92 Å². The zero-order valence-electron chi connectivity index (χ0n) is 10.5. The summed E-state index contributed by atoms with van der Waals surface area (Å²) in [4.78, 5) is 11.8. The van der Waals surface area contributed by atoms with E-state index in [-0.39, 0.29) is 18.6 Å². The molecule has 1 aromatic heterocycles. The van der Waals surface area contributed by atoms with Crippen LogP contribution in [0.5, 0.6) is 0 Å². The molecule has 0 aliphatic rings. The minimum absolute atomic E-state index is 0.0889. The van der Waals surface area contributed by atoms with E-state index in [0.29, 0.717) is 18.7 Å². The molecule has 0 spiro atoms. The number of carbonyl (C=O) groups excluding carboxylic acids is 1. The van der Waals surface area contributed by atoms with Crippen LogP contribution in [0.15, 0.2) is 6.07 Å². The third-order valence-corrected chi connectivity index (χ3v) is 2.64. The zero-order valence-corrected chi connectivity index (χ0v) is 10.5. The molecule has 102 valence electrons. The highest BCUT2D eigenvalue weighted by Gasteiger charge is 2.27. The molecule has 3 nitrogen and oxygen atoms in total. The lowest BCUT2D eigenvalue weighted by Gasteiger charge is -2.06. The van der Waals surface area contributed by atoms with Gasteiger partial charge in [0.15, 0.2) is 5.78 Å². The molecule has 0 aliphatic heterocycles. The van der Waals surface area contributed by atoms with Gasteiger partial charge in [-0.3, -0.25) is 9.48 Å². The lowest BCUT2D eigenvalue weighted by atomic mass is 10.1. The molecule has 0 saturated heterocycles.